The van der Waals surface area contributed by atoms with Crippen LogP contribution >= 0.6 is 11.6 Å². The third kappa shape index (κ3) is 5.08. The van der Waals surface area contributed by atoms with Crippen molar-refractivity contribution in [2.24, 2.45) is 0 Å². The number of unbranched alkanes of at least 4 members (excludes halogenated alkanes) is 1. The summed E-state index contributed by atoms with van der Waals surface area (Å²) in [5.41, 5.74) is 2.09. The van der Waals surface area contributed by atoms with Gasteiger partial charge in [-0.3, -0.25) is 9.89 Å². The van der Waals surface area contributed by atoms with Crippen LogP contribution in [0.2, 0.25) is 5.02 Å². The number of hydrogen-bond acceptors (Lipinski definition) is 3. The molecule has 0 saturated carbocycles. The molecule has 3 rings (SSSR count). The summed E-state index contributed by atoms with van der Waals surface area (Å²) in [4.78, 5) is 14.8. The Hall–Kier alpha value is -1.85. The van der Waals surface area contributed by atoms with Crippen LogP contribution in [0.1, 0.15) is 49.5 Å². The Balaban J connectivity index is 1.41. The molecule has 2 aromatic rings. The number of halogens is 1. The second-order valence-corrected chi connectivity index (χ2v) is 7.46. The average Bonchev–Trinajstić information content (AvgIpc) is 3.13. The number of H-pyrrole nitrogens is 1. The second kappa shape index (κ2) is 9.19. The molecule has 1 amide bonds. The number of nitrogens with one attached hydrogen (secondary N) is 2. The molecule has 0 aliphatic carbocycles. The number of carbonyl (C=O) groups excluding carboxylic acids is 1. The zero-order valence-electron chi connectivity index (χ0n) is 15.3. The molecule has 1 saturated heterocycles. The zero-order valence-corrected chi connectivity index (χ0v) is 16.1. The number of carbonyl (C=O) groups is 1. The van der Waals surface area contributed by atoms with Crippen LogP contribution in [0.3, 0.4) is 0 Å². The van der Waals surface area contributed by atoms with Crippen LogP contribution in [0.4, 0.5) is 0 Å². The Morgan fingerprint density at radius 1 is 1.35 bits per heavy atom. The van der Waals surface area contributed by atoms with E-state index in [2.05, 4.69) is 27.3 Å². The van der Waals surface area contributed by atoms with Crippen molar-refractivity contribution in [1.29, 1.82) is 0 Å². The fourth-order valence-corrected chi connectivity index (χ4v) is 3.65. The first-order chi connectivity index (χ1) is 12.6. The number of benzene rings is 1. The number of nitrogens with zero attached hydrogens (tertiary/aromatic N) is 2. The van der Waals surface area contributed by atoms with Gasteiger partial charge in [0.15, 0.2) is 0 Å². The van der Waals surface area contributed by atoms with Crippen molar-refractivity contribution in [2.75, 3.05) is 19.6 Å². The topological polar surface area (TPSA) is 61.0 Å². The predicted molar refractivity (Wildman–Crippen MR) is 105 cm³/mol. The molecule has 1 aliphatic heterocycles. The quantitative estimate of drug-likeness (QED) is 0.717. The van der Waals surface area contributed by atoms with E-state index in [1.54, 1.807) is 6.07 Å². The van der Waals surface area contributed by atoms with Crippen LogP contribution in [0, 0.1) is 0 Å². The van der Waals surface area contributed by atoms with E-state index in [4.69, 9.17) is 11.6 Å². The molecule has 1 aromatic heterocycles. The van der Waals surface area contributed by atoms with Crippen LogP contribution < -0.4 is 5.32 Å². The minimum absolute atomic E-state index is 0.114. The number of hydrogen-bond donors (Lipinski definition) is 2. The van der Waals surface area contributed by atoms with Crippen molar-refractivity contribution in [3.63, 3.8) is 0 Å². The van der Waals surface area contributed by atoms with Gasteiger partial charge in [0, 0.05) is 23.2 Å². The van der Waals surface area contributed by atoms with E-state index >= 15 is 0 Å². The van der Waals surface area contributed by atoms with Crippen molar-refractivity contribution >= 4 is 17.5 Å². The van der Waals surface area contributed by atoms with E-state index in [1.165, 1.54) is 25.8 Å². The zero-order chi connectivity index (χ0) is 18.4. The number of likely N-dealkylation sites (tertiary alicyclic amines) is 1. The highest BCUT2D eigenvalue weighted by molar-refractivity contribution is 6.30. The van der Waals surface area contributed by atoms with Crippen molar-refractivity contribution in [2.45, 2.75) is 45.1 Å². The van der Waals surface area contributed by atoms with E-state index in [0.717, 1.165) is 30.6 Å². The van der Waals surface area contributed by atoms with E-state index in [1.807, 2.05) is 24.3 Å². The molecule has 6 heteroatoms. The number of rotatable bonds is 7. The highest BCUT2D eigenvalue weighted by Gasteiger charge is 2.17. The Kier molecular flexibility index (Phi) is 6.69. The Labute approximate surface area is 160 Å². The van der Waals surface area contributed by atoms with Crippen molar-refractivity contribution in [3.05, 3.63) is 41.0 Å². The van der Waals surface area contributed by atoms with Gasteiger partial charge in [-0.25, -0.2) is 0 Å². The Bertz CT molecular complexity index is 730. The van der Waals surface area contributed by atoms with E-state index < -0.39 is 0 Å². The molecular formula is C20H27ClN4O. The molecule has 0 bridgehead atoms. The predicted octanol–water partition coefficient (Wildman–Crippen LogP) is 4.11. The summed E-state index contributed by atoms with van der Waals surface area (Å²) in [6.07, 6.45) is 6.09. The molecule has 1 aromatic carbocycles. The second-order valence-electron chi connectivity index (χ2n) is 7.02. The van der Waals surface area contributed by atoms with Crippen LogP contribution in [0.15, 0.2) is 30.3 Å². The maximum Gasteiger partial charge on any atom is 0.269 e. The average molecular weight is 375 g/mol. The first-order valence-corrected chi connectivity index (χ1v) is 9.85. The molecule has 0 spiro atoms. The van der Waals surface area contributed by atoms with Crippen molar-refractivity contribution < 1.29 is 4.79 Å². The summed E-state index contributed by atoms with van der Waals surface area (Å²) in [5, 5.41) is 10.6. The lowest BCUT2D eigenvalue weighted by atomic mass is 10.0. The fourth-order valence-electron chi connectivity index (χ4n) is 3.46. The van der Waals surface area contributed by atoms with Crippen LogP contribution in [-0.4, -0.2) is 46.7 Å². The lowest BCUT2D eigenvalue weighted by Crippen LogP contribution is -2.38. The lowest BCUT2D eigenvalue weighted by molar-refractivity contribution is 0.0946. The van der Waals surface area contributed by atoms with Gasteiger partial charge < -0.3 is 10.2 Å². The summed E-state index contributed by atoms with van der Waals surface area (Å²) in [6, 6.07) is 9.90. The van der Waals surface area contributed by atoms with Gasteiger partial charge in [0.25, 0.3) is 5.91 Å². The van der Waals surface area contributed by atoms with Crippen molar-refractivity contribution in [1.82, 2.24) is 20.4 Å². The van der Waals surface area contributed by atoms with Crippen LogP contribution in [0.5, 0.6) is 0 Å². The molecule has 26 heavy (non-hydrogen) atoms. The molecule has 2 heterocycles. The highest BCUT2D eigenvalue weighted by Crippen LogP contribution is 2.21. The monoisotopic (exact) mass is 374 g/mol. The number of amides is 1. The minimum Gasteiger partial charge on any atom is -0.351 e. The summed E-state index contributed by atoms with van der Waals surface area (Å²) in [6.45, 7) is 5.34. The van der Waals surface area contributed by atoms with Gasteiger partial charge in [-0.15, -0.1) is 0 Å². The van der Waals surface area contributed by atoms with E-state index in [-0.39, 0.29) is 5.91 Å². The van der Waals surface area contributed by atoms with Gasteiger partial charge in [0.05, 0.1) is 5.69 Å². The third-order valence-corrected chi connectivity index (χ3v) is 5.28. The summed E-state index contributed by atoms with van der Waals surface area (Å²) in [5.74, 6) is -0.114. The third-order valence-electron chi connectivity index (χ3n) is 5.04. The van der Waals surface area contributed by atoms with Gasteiger partial charge >= 0.3 is 0 Å². The Morgan fingerprint density at radius 3 is 3.04 bits per heavy atom. The van der Waals surface area contributed by atoms with Gasteiger partial charge in [-0.05, 0) is 63.9 Å². The van der Waals surface area contributed by atoms with E-state index in [9.17, 15) is 4.79 Å². The molecular weight excluding hydrogens is 348 g/mol. The lowest BCUT2D eigenvalue weighted by Gasteiger charge is -2.33. The maximum atomic E-state index is 12.3. The maximum absolute atomic E-state index is 12.3. The van der Waals surface area contributed by atoms with Crippen LogP contribution in [-0.2, 0) is 0 Å². The molecule has 1 fully saturated rings. The SMILES string of the molecule is CC1CCCCN1CCCCNC(=O)c1cc(-c2cccc(Cl)c2)n[nH]1. The molecule has 2 N–H and O–H groups in total. The molecule has 1 atom stereocenters. The normalized spacial score (nSPS) is 18.0. The number of piperidine rings is 1. The van der Waals surface area contributed by atoms with Gasteiger partial charge in [-0.2, -0.15) is 5.10 Å². The van der Waals surface area contributed by atoms with Gasteiger partial charge in [-0.1, -0.05) is 30.2 Å². The smallest absolute Gasteiger partial charge is 0.269 e. The van der Waals surface area contributed by atoms with Gasteiger partial charge in [0.1, 0.15) is 5.69 Å². The first kappa shape index (κ1) is 18.9. The minimum atomic E-state index is -0.114. The van der Waals surface area contributed by atoms with E-state index in [0.29, 0.717) is 23.3 Å². The Morgan fingerprint density at radius 2 is 2.23 bits per heavy atom. The molecule has 1 unspecified atom stereocenters. The summed E-state index contributed by atoms with van der Waals surface area (Å²) < 4.78 is 0. The summed E-state index contributed by atoms with van der Waals surface area (Å²) in [7, 11) is 0. The fraction of sp³-hybridized carbons (Fsp3) is 0.500. The first-order valence-electron chi connectivity index (χ1n) is 9.47. The molecule has 5 nitrogen and oxygen atoms in total. The molecule has 1 aliphatic rings. The number of aromatic nitrogens is 2. The summed E-state index contributed by atoms with van der Waals surface area (Å²) >= 11 is 6.01. The van der Waals surface area contributed by atoms with Crippen LogP contribution in [0.25, 0.3) is 11.3 Å². The number of aromatic amines is 1. The largest absolute Gasteiger partial charge is 0.351 e. The standard InChI is InChI=1S/C20H27ClN4O/c1-15-7-2-4-11-25(15)12-5-3-10-22-20(26)19-14-18(23-24-19)16-8-6-9-17(21)13-16/h6,8-9,13-15H,2-5,7,10-12H2,1H3,(H,22,26)(H,23,24). The highest BCUT2D eigenvalue weighted by atomic mass is 35.5. The van der Waals surface area contributed by atoms with Crippen molar-refractivity contribution in [3.8, 4) is 11.3 Å². The molecule has 140 valence electrons. The molecule has 0 radical (unpaired) electrons. The van der Waals surface area contributed by atoms with Gasteiger partial charge in [0.2, 0.25) is 0 Å².